The summed E-state index contributed by atoms with van der Waals surface area (Å²) in [5.74, 6) is 3.16. The third kappa shape index (κ3) is 6.54. The minimum atomic E-state index is -0.0217. The van der Waals surface area contributed by atoms with E-state index in [0.29, 0.717) is 24.7 Å². The minimum Gasteiger partial charge on any atom is -0.494 e. The first-order valence-corrected chi connectivity index (χ1v) is 13.7. The van der Waals surface area contributed by atoms with Gasteiger partial charge in [-0.05, 0) is 65.6 Å². The minimum absolute atomic E-state index is 0.0217. The second-order valence-electron chi connectivity index (χ2n) is 9.70. The van der Waals surface area contributed by atoms with Gasteiger partial charge in [0.15, 0.2) is 11.5 Å². The summed E-state index contributed by atoms with van der Waals surface area (Å²) >= 11 is 0. The Kier molecular flexibility index (Phi) is 8.81. The van der Waals surface area contributed by atoms with E-state index >= 15 is 0 Å². The molecule has 1 aromatic heterocycles. The van der Waals surface area contributed by atoms with Crippen molar-refractivity contribution in [3.8, 4) is 17.2 Å². The topological polar surface area (TPSA) is 74.6 Å². The van der Waals surface area contributed by atoms with Crippen LogP contribution in [0.1, 0.15) is 24.2 Å². The number of aryl methyl sites for hydroxylation is 2. The molecule has 0 saturated heterocycles. The fourth-order valence-electron chi connectivity index (χ4n) is 4.95. The molecule has 0 fully saturated rings. The maximum absolute atomic E-state index is 12.5. The first-order chi connectivity index (χ1) is 19.6. The van der Waals surface area contributed by atoms with Gasteiger partial charge < -0.3 is 24.1 Å². The third-order valence-electron chi connectivity index (χ3n) is 6.96. The van der Waals surface area contributed by atoms with Crippen LogP contribution in [-0.2, 0) is 24.2 Å². The zero-order valence-electron chi connectivity index (χ0n) is 23.1. The number of carbonyl (C=O) groups excluding carboxylic acids is 1. The molecule has 0 bridgehead atoms. The molecule has 1 heterocycles. The number of rotatable bonds is 13. The molecule has 5 aromatic rings. The normalized spacial score (nSPS) is 11.1. The van der Waals surface area contributed by atoms with Gasteiger partial charge in [0.1, 0.15) is 11.6 Å². The first kappa shape index (κ1) is 27.1. The van der Waals surface area contributed by atoms with E-state index in [9.17, 15) is 4.79 Å². The van der Waals surface area contributed by atoms with Gasteiger partial charge in [0.2, 0.25) is 5.91 Å². The van der Waals surface area contributed by atoms with Crippen molar-refractivity contribution in [3.05, 3.63) is 96.3 Å². The maximum Gasteiger partial charge on any atom is 0.224 e. The molecule has 0 aliphatic heterocycles. The van der Waals surface area contributed by atoms with Gasteiger partial charge in [-0.3, -0.25) is 4.79 Å². The lowest BCUT2D eigenvalue weighted by Crippen LogP contribution is -2.26. The molecule has 0 atom stereocenters. The number of hydrogen-bond donors (Lipinski definition) is 1. The van der Waals surface area contributed by atoms with Crippen LogP contribution in [-0.4, -0.2) is 42.8 Å². The Hall–Kier alpha value is -4.52. The molecule has 0 radical (unpaired) electrons. The first-order valence-electron chi connectivity index (χ1n) is 13.7. The smallest absolute Gasteiger partial charge is 0.224 e. The van der Waals surface area contributed by atoms with E-state index in [1.54, 1.807) is 14.2 Å². The van der Waals surface area contributed by atoms with E-state index in [0.717, 1.165) is 54.0 Å². The van der Waals surface area contributed by atoms with Gasteiger partial charge in [-0.15, -0.1) is 0 Å². The molecule has 7 nitrogen and oxygen atoms in total. The summed E-state index contributed by atoms with van der Waals surface area (Å²) in [6, 6.07) is 28.3. The Morgan fingerprint density at radius 3 is 2.50 bits per heavy atom. The number of benzene rings is 4. The summed E-state index contributed by atoms with van der Waals surface area (Å²) < 4.78 is 19.0. The van der Waals surface area contributed by atoms with Crippen LogP contribution in [0.5, 0.6) is 17.2 Å². The number of fused-ring (bicyclic) bond motifs is 2. The quantitative estimate of drug-likeness (QED) is 0.187. The molecular formula is C33H35N3O4. The van der Waals surface area contributed by atoms with Gasteiger partial charge in [-0.25, -0.2) is 4.98 Å². The van der Waals surface area contributed by atoms with Gasteiger partial charge in [0, 0.05) is 19.5 Å². The SMILES string of the molecule is COc1ccc(CC(=O)NCCCc2nc3ccccc3n2CCCOc2ccc3ccccc3c2)cc1OC. The zero-order valence-corrected chi connectivity index (χ0v) is 23.1. The van der Waals surface area contributed by atoms with Gasteiger partial charge in [0.25, 0.3) is 0 Å². The lowest BCUT2D eigenvalue weighted by Gasteiger charge is -2.12. The summed E-state index contributed by atoms with van der Waals surface area (Å²) in [5.41, 5.74) is 2.99. The van der Waals surface area contributed by atoms with Gasteiger partial charge in [-0.2, -0.15) is 0 Å². The fourth-order valence-corrected chi connectivity index (χ4v) is 4.95. The molecule has 1 amide bonds. The van der Waals surface area contributed by atoms with Crippen LogP contribution >= 0.6 is 0 Å². The highest BCUT2D eigenvalue weighted by molar-refractivity contribution is 5.83. The number of aromatic nitrogens is 2. The molecule has 4 aromatic carbocycles. The van der Waals surface area contributed by atoms with E-state index in [1.165, 1.54) is 10.8 Å². The van der Waals surface area contributed by atoms with Crippen LogP contribution in [0, 0.1) is 0 Å². The van der Waals surface area contributed by atoms with E-state index in [4.69, 9.17) is 19.2 Å². The number of para-hydroxylation sites is 2. The van der Waals surface area contributed by atoms with Crippen LogP contribution in [0.2, 0.25) is 0 Å². The van der Waals surface area contributed by atoms with Gasteiger partial charge in [0.05, 0.1) is 38.3 Å². The number of methoxy groups -OCH3 is 2. The van der Waals surface area contributed by atoms with Crippen molar-refractivity contribution < 1.29 is 19.0 Å². The molecule has 0 saturated carbocycles. The standard InChI is InChI=1S/C33H35N3O4/c1-38-30-17-14-24(21-31(30)39-2)22-33(37)34-18-7-13-32-35-28-11-5-6-12-29(28)36(32)19-8-20-40-27-16-15-25-9-3-4-10-26(25)23-27/h3-6,9-12,14-17,21,23H,7-8,13,18-20,22H2,1-2H3,(H,34,37). The molecule has 5 rings (SSSR count). The van der Waals surface area contributed by atoms with Gasteiger partial charge in [-0.1, -0.05) is 48.5 Å². The monoisotopic (exact) mass is 537 g/mol. The average Bonchev–Trinajstić information content (AvgIpc) is 3.34. The van der Waals surface area contributed by atoms with E-state index in [-0.39, 0.29) is 12.3 Å². The molecule has 0 aliphatic carbocycles. The maximum atomic E-state index is 12.5. The summed E-state index contributed by atoms with van der Waals surface area (Å²) in [6.07, 6.45) is 2.73. The van der Waals surface area contributed by atoms with Crippen LogP contribution in [0.3, 0.4) is 0 Å². The second kappa shape index (κ2) is 13.0. The number of ether oxygens (including phenoxy) is 3. The summed E-state index contributed by atoms with van der Waals surface area (Å²) in [5, 5.41) is 5.42. The lowest BCUT2D eigenvalue weighted by atomic mass is 10.1. The highest BCUT2D eigenvalue weighted by Gasteiger charge is 2.12. The van der Waals surface area contributed by atoms with Crippen LogP contribution in [0.4, 0.5) is 0 Å². The molecule has 40 heavy (non-hydrogen) atoms. The van der Waals surface area contributed by atoms with Crippen molar-refractivity contribution in [2.75, 3.05) is 27.4 Å². The number of imidazole rings is 1. The molecular weight excluding hydrogens is 502 g/mol. The van der Waals surface area contributed by atoms with Crippen molar-refractivity contribution in [2.45, 2.75) is 32.2 Å². The summed E-state index contributed by atoms with van der Waals surface area (Å²) in [4.78, 5) is 17.4. The predicted molar refractivity (Wildman–Crippen MR) is 158 cm³/mol. The molecule has 0 unspecified atom stereocenters. The van der Waals surface area contributed by atoms with Crippen molar-refractivity contribution in [1.82, 2.24) is 14.9 Å². The largest absolute Gasteiger partial charge is 0.494 e. The molecule has 1 N–H and O–H groups in total. The van der Waals surface area contributed by atoms with Gasteiger partial charge >= 0.3 is 0 Å². The van der Waals surface area contributed by atoms with Crippen molar-refractivity contribution in [1.29, 1.82) is 0 Å². The average molecular weight is 538 g/mol. The molecule has 206 valence electrons. The predicted octanol–water partition coefficient (Wildman–Crippen LogP) is 5.97. The fraction of sp³-hybridized carbons (Fsp3) is 0.273. The van der Waals surface area contributed by atoms with Crippen LogP contribution in [0.25, 0.3) is 21.8 Å². The second-order valence-corrected chi connectivity index (χ2v) is 9.70. The van der Waals surface area contributed by atoms with Crippen LogP contribution in [0.15, 0.2) is 84.9 Å². The number of hydrogen-bond acceptors (Lipinski definition) is 5. The number of nitrogens with zero attached hydrogens (tertiary/aromatic N) is 2. The van der Waals surface area contributed by atoms with Crippen molar-refractivity contribution >= 4 is 27.7 Å². The third-order valence-corrected chi connectivity index (χ3v) is 6.96. The van der Waals surface area contributed by atoms with E-state index in [1.807, 2.05) is 54.6 Å². The number of nitrogens with one attached hydrogen (secondary N) is 1. The number of carbonyl (C=O) groups is 1. The molecule has 0 aliphatic rings. The Morgan fingerprint density at radius 2 is 1.65 bits per heavy atom. The highest BCUT2D eigenvalue weighted by atomic mass is 16.5. The Labute approximate surface area is 234 Å². The van der Waals surface area contributed by atoms with E-state index < -0.39 is 0 Å². The Balaban J connectivity index is 1.13. The summed E-state index contributed by atoms with van der Waals surface area (Å²) in [6.45, 7) is 2.02. The summed E-state index contributed by atoms with van der Waals surface area (Å²) in [7, 11) is 3.19. The molecule has 7 heteroatoms. The van der Waals surface area contributed by atoms with Crippen molar-refractivity contribution in [3.63, 3.8) is 0 Å². The Morgan fingerprint density at radius 1 is 0.850 bits per heavy atom. The highest BCUT2D eigenvalue weighted by Crippen LogP contribution is 2.27. The van der Waals surface area contributed by atoms with Crippen molar-refractivity contribution in [2.24, 2.45) is 0 Å². The lowest BCUT2D eigenvalue weighted by molar-refractivity contribution is -0.120. The van der Waals surface area contributed by atoms with Crippen LogP contribution < -0.4 is 19.5 Å². The zero-order chi connectivity index (χ0) is 27.7. The number of amides is 1. The van der Waals surface area contributed by atoms with E-state index in [2.05, 4.69) is 40.2 Å². The Bertz CT molecular complexity index is 1590. The molecule has 0 spiro atoms.